The molecule has 0 amide bonds. The van der Waals surface area contributed by atoms with Crippen LogP contribution in [0.5, 0.6) is 17.2 Å². The van der Waals surface area contributed by atoms with Gasteiger partial charge < -0.3 is 18.9 Å². The Morgan fingerprint density at radius 2 is 1.90 bits per heavy atom. The number of rotatable bonds is 8. The van der Waals surface area contributed by atoms with Crippen molar-refractivity contribution in [2.24, 2.45) is 0 Å². The molecule has 0 radical (unpaired) electrons. The molecule has 3 rings (SSSR count). The third-order valence-electron chi connectivity index (χ3n) is 5.15. The van der Waals surface area contributed by atoms with Crippen molar-refractivity contribution in [2.75, 3.05) is 19.8 Å². The van der Waals surface area contributed by atoms with E-state index in [1.807, 2.05) is 36.4 Å². The fraction of sp³-hybridized carbons (Fsp3) is 0.480. The van der Waals surface area contributed by atoms with Crippen LogP contribution in [-0.4, -0.2) is 31.9 Å². The number of fused-ring (bicyclic) bond motifs is 1. The van der Waals surface area contributed by atoms with Gasteiger partial charge >= 0.3 is 5.97 Å². The van der Waals surface area contributed by atoms with Crippen molar-refractivity contribution in [3.8, 4) is 17.2 Å². The summed E-state index contributed by atoms with van der Waals surface area (Å²) in [5.74, 6) is 1.76. The van der Waals surface area contributed by atoms with Gasteiger partial charge in [-0.25, -0.2) is 4.79 Å². The van der Waals surface area contributed by atoms with Gasteiger partial charge in [-0.05, 0) is 54.5 Å². The van der Waals surface area contributed by atoms with Crippen LogP contribution in [-0.2, 0) is 21.4 Å². The minimum Gasteiger partial charge on any atom is -0.493 e. The van der Waals surface area contributed by atoms with Gasteiger partial charge in [-0.3, -0.25) is 0 Å². The number of carbonyl (C=O) groups is 1. The molecule has 0 aromatic heterocycles. The predicted molar refractivity (Wildman–Crippen MR) is 122 cm³/mol. The van der Waals surface area contributed by atoms with Crippen molar-refractivity contribution in [2.45, 2.75) is 58.5 Å². The summed E-state index contributed by atoms with van der Waals surface area (Å²) in [7, 11) is 0. The maximum absolute atomic E-state index is 11.9. The summed E-state index contributed by atoms with van der Waals surface area (Å²) < 4.78 is 22.5. The van der Waals surface area contributed by atoms with Crippen molar-refractivity contribution in [1.29, 1.82) is 0 Å². The Bertz CT molecular complexity index is 903. The lowest BCUT2D eigenvalue weighted by atomic mass is 9.87. The van der Waals surface area contributed by atoms with Crippen LogP contribution in [0.2, 0.25) is 5.02 Å². The van der Waals surface area contributed by atoms with Crippen molar-refractivity contribution < 1.29 is 23.7 Å². The minimum absolute atomic E-state index is 0.0466. The predicted octanol–water partition coefficient (Wildman–Crippen LogP) is 5.74. The number of benzene rings is 2. The van der Waals surface area contributed by atoms with E-state index in [0.29, 0.717) is 54.9 Å². The number of carbonyl (C=O) groups excluding carboxylic acids is 1. The zero-order valence-corrected chi connectivity index (χ0v) is 19.5. The van der Waals surface area contributed by atoms with Gasteiger partial charge in [0, 0.05) is 12.5 Å². The highest BCUT2D eigenvalue weighted by atomic mass is 35.5. The van der Waals surface area contributed by atoms with Crippen molar-refractivity contribution >= 4 is 17.6 Å². The maximum atomic E-state index is 11.9. The molecule has 2 aromatic rings. The average Bonchev–Trinajstić information content (AvgIpc) is 2.73. The van der Waals surface area contributed by atoms with E-state index in [4.69, 9.17) is 30.5 Å². The quantitative estimate of drug-likeness (QED) is 0.382. The van der Waals surface area contributed by atoms with Gasteiger partial charge in [-0.15, -0.1) is 0 Å². The van der Waals surface area contributed by atoms with Crippen LogP contribution < -0.4 is 14.2 Å². The molecule has 2 aromatic carbocycles. The molecule has 1 atom stereocenters. The van der Waals surface area contributed by atoms with Crippen LogP contribution in [0.1, 0.15) is 51.7 Å². The molecule has 1 aliphatic heterocycles. The summed E-state index contributed by atoms with van der Waals surface area (Å²) in [6.45, 7) is 9.60. The number of hydrogen-bond acceptors (Lipinski definition) is 5. The second kappa shape index (κ2) is 10.3. The molecule has 6 heteroatoms. The first-order valence-electron chi connectivity index (χ1n) is 10.8. The third kappa shape index (κ3) is 6.30. The number of halogens is 1. The summed E-state index contributed by atoms with van der Waals surface area (Å²) in [5.41, 5.74) is 2.29. The number of esters is 1. The van der Waals surface area contributed by atoms with Gasteiger partial charge in [0.05, 0.1) is 24.8 Å². The van der Waals surface area contributed by atoms with E-state index in [-0.39, 0.29) is 11.4 Å². The van der Waals surface area contributed by atoms with E-state index in [1.54, 1.807) is 6.92 Å². The molecule has 0 N–H and O–H groups in total. The van der Waals surface area contributed by atoms with Gasteiger partial charge in [-0.2, -0.15) is 0 Å². The molecular formula is C25H31ClO5. The van der Waals surface area contributed by atoms with Crippen LogP contribution in [0, 0.1) is 0 Å². The summed E-state index contributed by atoms with van der Waals surface area (Å²) in [6, 6.07) is 11.7. The lowest BCUT2D eigenvalue weighted by molar-refractivity contribution is -0.152. The molecule has 0 saturated heterocycles. The van der Waals surface area contributed by atoms with Gasteiger partial charge in [0.2, 0.25) is 0 Å². The smallest absolute Gasteiger partial charge is 0.347 e. The topological polar surface area (TPSA) is 54.0 Å². The largest absolute Gasteiger partial charge is 0.493 e. The van der Waals surface area contributed by atoms with Crippen molar-refractivity contribution in [3.05, 3.63) is 52.5 Å². The third-order valence-corrected chi connectivity index (χ3v) is 5.44. The molecule has 1 unspecified atom stereocenters. The SMILES string of the molecule is CCOC(=O)C1CCc2ccc(OCCCOc3ccc(C(C)(C)C)cc3Cl)cc2O1. The lowest BCUT2D eigenvalue weighted by Gasteiger charge is -2.25. The molecule has 1 aliphatic rings. The van der Waals surface area contributed by atoms with Crippen LogP contribution in [0.3, 0.4) is 0 Å². The maximum Gasteiger partial charge on any atom is 0.347 e. The van der Waals surface area contributed by atoms with Gasteiger partial charge in [0.15, 0.2) is 6.10 Å². The lowest BCUT2D eigenvalue weighted by Crippen LogP contribution is -2.32. The summed E-state index contributed by atoms with van der Waals surface area (Å²) >= 11 is 6.36. The summed E-state index contributed by atoms with van der Waals surface area (Å²) in [6.07, 6.45) is 1.57. The van der Waals surface area contributed by atoms with Crippen LogP contribution in [0.15, 0.2) is 36.4 Å². The normalized spacial score (nSPS) is 15.6. The van der Waals surface area contributed by atoms with Gasteiger partial charge in [0.1, 0.15) is 17.2 Å². The number of ether oxygens (including phenoxy) is 4. The highest BCUT2D eigenvalue weighted by molar-refractivity contribution is 6.32. The fourth-order valence-corrected chi connectivity index (χ4v) is 3.59. The van der Waals surface area contributed by atoms with E-state index < -0.39 is 6.10 Å². The molecule has 5 nitrogen and oxygen atoms in total. The monoisotopic (exact) mass is 446 g/mol. The van der Waals surface area contributed by atoms with Gasteiger partial charge in [0.25, 0.3) is 0 Å². The number of hydrogen-bond donors (Lipinski definition) is 0. The van der Waals surface area contributed by atoms with E-state index in [1.165, 1.54) is 5.56 Å². The molecule has 0 bridgehead atoms. The van der Waals surface area contributed by atoms with Crippen molar-refractivity contribution in [1.82, 2.24) is 0 Å². The zero-order valence-electron chi connectivity index (χ0n) is 18.7. The first kappa shape index (κ1) is 23.3. The highest BCUT2D eigenvalue weighted by Crippen LogP contribution is 2.33. The average molecular weight is 447 g/mol. The molecule has 0 spiro atoms. The van der Waals surface area contributed by atoms with E-state index in [9.17, 15) is 4.79 Å². The Hall–Kier alpha value is -2.40. The summed E-state index contributed by atoms with van der Waals surface area (Å²) in [4.78, 5) is 11.9. The first-order chi connectivity index (χ1) is 14.8. The van der Waals surface area contributed by atoms with Gasteiger partial charge in [-0.1, -0.05) is 44.5 Å². The molecular weight excluding hydrogens is 416 g/mol. The molecule has 0 fully saturated rings. The number of aryl methyl sites for hydroxylation is 1. The Balaban J connectivity index is 1.46. The van der Waals surface area contributed by atoms with Crippen LogP contribution in [0.4, 0.5) is 0 Å². The van der Waals surface area contributed by atoms with Crippen LogP contribution >= 0.6 is 11.6 Å². The molecule has 1 heterocycles. The Labute approximate surface area is 189 Å². The van der Waals surface area contributed by atoms with E-state index in [2.05, 4.69) is 20.8 Å². The molecule has 168 valence electrons. The second-order valence-electron chi connectivity index (χ2n) is 8.61. The standard InChI is InChI=1S/C25H31ClO5/c1-5-28-24(27)22-11-8-17-7-10-19(16-23(17)31-22)29-13-6-14-30-21-12-9-18(15-20(21)26)25(2,3)4/h7,9-10,12,15-16,22H,5-6,8,11,13-14H2,1-4H3. The van der Waals surface area contributed by atoms with E-state index in [0.717, 1.165) is 12.0 Å². The van der Waals surface area contributed by atoms with E-state index >= 15 is 0 Å². The molecule has 0 saturated carbocycles. The molecule has 0 aliphatic carbocycles. The van der Waals surface area contributed by atoms with Crippen molar-refractivity contribution in [3.63, 3.8) is 0 Å². The Morgan fingerprint density at radius 1 is 1.13 bits per heavy atom. The Morgan fingerprint density at radius 3 is 2.61 bits per heavy atom. The second-order valence-corrected chi connectivity index (χ2v) is 9.02. The Kier molecular flexibility index (Phi) is 7.71. The highest BCUT2D eigenvalue weighted by Gasteiger charge is 2.27. The van der Waals surface area contributed by atoms with Crippen LogP contribution in [0.25, 0.3) is 0 Å². The fourth-order valence-electron chi connectivity index (χ4n) is 3.36. The first-order valence-corrected chi connectivity index (χ1v) is 11.2. The molecule has 31 heavy (non-hydrogen) atoms. The minimum atomic E-state index is -0.550. The summed E-state index contributed by atoms with van der Waals surface area (Å²) in [5, 5.41) is 0.622. The zero-order chi connectivity index (χ0) is 22.4.